The normalized spacial score (nSPS) is 13.3. The first-order valence-electron chi connectivity index (χ1n) is 6.18. The Hall–Kier alpha value is -1.67. The van der Waals surface area contributed by atoms with Crippen molar-refractivity contribution in [3.63, 3.8) is 0 Å². The molecule has 0 aliphatic heterocycles. The Kier molecular flexibility index (Phi) is 6.10. The van der Waals surface area contributed by atoms with E-state index < -0.39 is 16.4 Å². The lowest BCUT2D eigenvalue weighted by atomic mass is 9.99. The van der Waals surface area contributed by atoms with Crippen LogP contribution in [0.1, 0.15) is 13.3 Å². The highest BCUT2D eigenvalue weighted by Crippen LogP contribution is 2.29. The van der Waals surface area contributed by atoms with Crippen LogP contribution in [0.3, 0.4) is 0 Å². The second-order valence-electron chi connectivity index (χ2n) is 4.54. The van der Waals surface area contributed by atoms with Crippen molar-refractivity contribution in [2.75, 3.05) is 20.8 Å². The summed E-state index contributed by atoms with van der Waals surface area (Å²) in [5, 5.41) is 13.6. The second kappa shape index (κ2) is 7.37. The molecule has 0 aromatic heterocycles. The van der Waals surface area contributed by atoms with E-state index in [2.05, 4.69) is 21.2 Å². The Morgan fingerprint density at radius 2 is 2.19 bits per heavy atom. The van der Waals surface area contributed by atoms with E-state index in [1.807, 2.05) is 0 Å². The van der Waals surface area contributed by atoms with Crippen LogP contribution in [0.2, 0.25) is 0 Å². The summed E-state index contributed by atoms with van der Waals surface area (Å²) in [5.41, 5.74) is -0.931. The number of likely N-dealkylation sites (N-methyl/N-ethyl adjacent to an activating group) is 1. The average Bonchev–Trinajstić information content (AvgIpc) is 2.47. The number of methoxy groups -OCH3 is 1. The van der Waals surface area contributed by atoms with Gasteiger partial charge in [0, 0.05) is 12.5 Å². The molecule has 0 heterocycles. The fourth-order valence-corrected chi connectivity index (χ4v) is 2.00. The topological polar surface area (TPSA) is 90.7 Å². The zero-order valence-corrected chi connectivity index (χ0v) is 13.6. The number of carbonyl (C=O) groups is 1. The van der Waals surface area contributed by atoms with Gasteiger partial charge in [0.1, 0.15) is 11.3 Å². The number of hydrogen-bond donors (Lipinski definition) is 1. The number of hydrogen-bond acceptors (Lipinski definition) is 6. The van der Waals surface area contributed by atoms with Crippen molar-refractivity contribution in [3.8, 4) is 5.75 Å². The zero-order chi connectivity index (χ0) is 16.0. The third kappa shape index (κ3) is 4.40. The SMILES string of the molecule is CNC(C)(CCOc1cc([N+](=O)[O-])ccc1Br)C(=O)OC. The standard InChI is InChI=1S/C13H17BrN2O5/c1-13(15-2,12(17)20-3)6-7-21-11-8-9(16(18)19)4-5-10(11)14/h4-5,8,15H,6-7H2,1-3H3. The molecule has 0 radical (unpaired) electrons. The number of carbonyl (C=O) groups excluding carboxylic acids is 1. The third-order valence-corrected chi connectivity index (χ3v) is 3.83. The van der Waals surface area contributed by atoms with Crippen molar-refractivity contribution in [1.29, 1.82) is 0 Å². The number of benzene rings is 1. The minimum absolute atomic E-state index is 0.0578. The molecule has 0 aliphatic carbocycles. The molecule has 0 amide bonds. The highest BCUT2D eigenvalue weighted by Gasteiger charge is 2.32. The molecule has 8 heteroatoms. The predicted octanol–water partition coefficient (Wildman–Crippen LogP) is 2.28. The number of halogens is 1. The Balaban J connectivity index is 2.73. The first-order chi connectivity index (χ1) is 9.84. The van der Waals surface area contributed by atoms with Gasteiger partial charge in [0.2, 0.25) is 0 Å². The minimum Gasteiger partial charge on any atom is -0.492 e. The summed E-state index contributed by atoms with van der Waals surface area (Å²) in [5.74, 6) is -0.0424. The van der Waals surface area contributed by atoms with Crippen LogP contribution in [0.25, 0.3) is 0 Å². The van der Waals surface area contributed by atoms with Crippen LogP contribution in [0.4, 0.5) is 5.69 Å². The molecule has 0 spiro atoms. The molecule has 0 saturated heterocycles. The molecule has 0 saturated carbocycles. The van der Waals surface area contributed by atoms with Crippen LogP contribution < -0.4 is 10.1 Å². The molecule has 1 aromatic carbocycles. The largest absolute Gasteiger partial charge is 0.492 e. The van der Waals surface area contributed by atoms with Crippen LogP contribution in [-0.2, 0) is 9.53 Å². The molecule has 0 bridgehead atoms. The average molecular weight is 361 g/mol. The third-order valence-electron chi connectivity index (χ3n) is 3.17. The van der Waals surface area contributed by atoms with E-state index in [-0.39, 0.29) is 12.3 Å². The van der Waals surface area contributed by atoms with E-state index >= 15 is 0 Å². The molecule has 0 aliphatic rings. The van der Waals surface area contributed by atoms with Crippen molar-refractivity contribution in [2.24, 2.45) is 0 Å². The summed E-state index contributed by atoms with van der Waals surface area (Å²) in [6.45, 7) is 1.90. The van der Waals surface area contributed by atoms with Crippen LogP contribution in [-0.4, -0.2) is 37.2 Å². The van der Waals surface area contributed by atoms with E-state index in [1.165, 1.54) is 19.2 Å². The molecule has 21 heavy (non-hydrogen) atoms. The highest BCUT2D eigenvalue weighted by molar-refractivity contribution is 9.10. The fourth-order valence-electron chi connectivity index (χ4n) is 1.64. The lowest BCUT2D eigenvalue weighted by Gasteiger charge is -2.25. The fraction of sp³-hybridized carbons (Fsp3) is 0.462. The molecule has 1 unspecified atom stereocenters. The Morgan fingerprint density at radius 3 is 2.71 bits per heavy atom. The number of non-ortho nitro benzene ring substituents is 1. The summed E-state index contributed by atoms with van der Waals surface area (Å²) < 4.78 is 10.9. The smallest absolute Gasteiger partial charge is 0.325 e. The maximum atomic E-state index is 11.7. The van der Waals surface area contributed by atoms with Gasteiger partial charge in [-0.05, 0) is 36.0 Å². The molecular formula is C13H17BrN2O5. The number of rotatable bonds is 7. The Labute approximate surface area is 130 Å². The van der Waals surface area contributed by atoms with E-state index in [9.17, 15) is 14.9 Å². The summed E-state index contributed by atoms with van der Waals surface area (Å²) in [6.07, 6.45) is 0.352. The van der Waals surface area contributed by atoms with Crippen molar-refractivity contribution in [1.82, 2.24) is 5.32 Å². The number of nitro benzene ring substituents is 1. The van der Waals surface area contributed by atoms with Gasteiger partial charge in [0.05, 0.1) is 29.2 Å². The van der Waals surface area contributed by atoms with Gasteiger partial charge in [-0.25, -0.2) is 0 Å². The van der Waals surface area contributed by atoms with E-state index in [0.29, 0.717) is 16.6 Å². The minimum atomic E-state index is -0.873. The summed E-state index contributed by atoms with van der Waals surface area (Å²) >= 11 is 3.27. The number of nitrogens with one attached hydrogen (secondary N) is 1. The molecule has 1 atom stereocenters. The molecular weight excluding hydrogens is 344 g/mol. The molecule has 7 nitrogen and oxygen atoms in total. The molecule has 1 rings (SSSR count). The molecule has 0 fully saturated rings. The monoisotopic (exact) mass is 360 g/mol. The molecule has 116 valence electrons. The number of nitrogens with zero attached hydrogens (tertiary/aromatic N) is 1. The van der Waals surface area contributed by atoms with Crippen LogP contribution in [0.15, 0.2) is 22.7 Å². The van der Waals surface area contributed by atoms with Crippen molar-refractivity contribution in [3.05, 3.63) is 32.8 Å². The van der Waals surface area contributed by atoms with Gasteiger partial charge in [0.25, 0.3) is 5.69 Å². The van der Waals surface area contributed by atoms with E-state index in [4.69, 9.17) is 9.47 Å². The van der Waals surface area contributed by atoms with Gasteiger partial charge in [-0.2, -0.15) is 0 Å². The Morgan fingerprint density at radius 1 is 1.52 bits per heavy atom. The lowest BCUT2D eigenvalue weighted by Crippen LogP contribution is -2.49. The van der Waals surface area contributed by atoms with E-state index in [1.54, 1.807) is 20.0 Å². The number of nitro groups is 1. The van der Waals surface area contributed by atoms with Crippen molar-refractivity contribution < 1.29 is 19.2 Å². The van der Waals surface area contributed by atoms with Gasteiger partial charge in [-0.1, -0.05) is 0 Å². The van der Waals surface area contributed by atoms with Gasteiger partial charge >= 0.3 is 5.97 Å². The number of esters is 1. The number of ether oxygens (including phenoxy) is 2. The van der Waals surface area contributed by atoms with Crippen LogP contribution >= 0.6 is 15.9 Å². The van der Waals surface area contributed by atoms with Crippen molar-refractivity contribution >= 4 is 27.6 Å². The second-order valence-corrected chi connectivity index (χ2v) is 5.40. The maximum absolute atomic E-state index is 11.7. The molecule has 1 N–H and O–H groups in total. The predicted molar refractivity (Wildman–Crippen MR) is 80.4 cm³/mol. The summed E-state index contributed by atoms with van der Waals surface area (Å²) in [6, 6.07) is 4.26. The van der Waals surface area contributed by atoms with Gasteiger partial charge in [0.15, 0.2) is 0 Å². The zero-order valence-electron chi connectivity index (χ0n) is 12.0. The lowest BCUT2D eigenvalue weighted by molar-refractivity contribution is -0.385. The van der Waals surface area contributed by atoms with Crippen LogP contribution in [0.5, 0.6) is 5.75 Å². The van der Waals surface area contributed by atoms with Gasteiger partial charge < -0.3 is 14.8 Å². The van der Waals surface area contributed by atoms with Gasteiger partial charge in [-0.15, -0.1) is 0 Å². The first kappa shape index (κ1) is 17.4. The van der Waals surface area contributed by atoms with E-state index in [0.717, 1.165) is 0 Å². The summed E-state index contributed by atoms with van der Waals surface area (Å²) in [7, 11) is 2.97. The maximum Gasteiger partial charge on any atom is 0.325 e. The first-order valence-corrected chi connectivity index (χ1v) is 6.97. The van der Waals surface area contributed by atoms with Crippen molar-refractivity contribution in [2.45, 2.75) is 18.9 Å². The molecule has 1 aromatic rings. The Bertz CT molecular complexity index is 537. The van der Waals surface area contributed by atoms with Crippen LogP contribution in [0, 0.1) is 10.1 Å². The summed E-state index contributed by atoms with van der Waals surface area (Å²) in [4.78, 5) is 21.9. The highest BCUT2D eigenvalue weighted by atomic mass is 79.9. The van der Waals surface area contributed by atoms with Gasteiger partial charge in [-0.3, -0.25) is 14.9 Å². The quantitative estimate of drug-likeness (QED) is 0.455.